The van der Waals surface area contributed by atoms with E-state index in [1.165, 1.54) is 15.8 Å². The Balaban J connectivity index is 1.41. The van der Waals surface area contributed by atoms with Crippen molar-refractivity contribution in [2.24, 2.45) is 7.05 Å². The number of aromatic nitrogens is 3. The van der Waals surface area contributed by atoms with Gasteiger partial charge in [0.2, 0.25) is 0 Å². The number of fused-ring (bicyclic) bond motifs is 1. The van der Waals surface area contributed by atoms with Gasteiger partial charge in [-0.2, -0.15) is 5.10 Å². The maximum Gasteiger partial charge on any atom is 0.269 e. The van der Waals surface area contributed by atoms with Crippen molar-refractivity contribution in [1.82, 2.24) is 20.1 Å². The van der Waals surface area contributed by atoms with Crippen molar-refractivity contribution in [1.29, 1.82) is 0 Å². The van der Waals surface area contributed by atoms with Gasteiger partial charge < -0.3 is 10.2 Å². The van der Waals surface area contributed by atoms with Crippen LogP contribution in [0.3, 0.4) is 0 Å². The molecule has 0 radical (unpaired) electrons. The van der Waals surface area contributed by atoms with Crippen molar-refractivity contribution in [3.05, 3.63) is 41.2 Å². The SMILES string of the molecule is Cc1cc(C)c2nc(N3CCC(NC(=O)c4ccnn4C)CC3)sc2c1. The summed E-state index contributed by atoms with van der Waals surface area (Å²) in [5.74, 6) is -0.0467. The van der Waals surface area contributed by atoms with E-state index < -0.39 is 0 Å². The number of nitrogens with one attached hydrogen (secondary N) is 1. The van der Waals surface area contributed by atoms with Gasteiger partial charge in [0, 0.05) is 32.4 Å². The minimum absolute atomic E-state index is 0.0467. The molecule has 1 fully saturated rings. The first kappa shape index (κ1) is 17.0. The van der Waals surface area contributed by atoms with Gasteiger partial charge in [0.05, 0.1) is 10.2 Å². The molecule has 2 aromatic heterocycles. The van der Waals surface area contributed by atoms with Crippen LogP contribution in [0, 0.1) is 13.8 Å². The molecule has 26 heavy (non-hydrogen) atoms. The molecule has 7 heteroatoms. The largest absolute Gasteiger partial charge is 0.348 e. The number of rotatable bonds is 3. The van der Waals surface area contributed by atoms with E-state index in [0.29, 0.717) is 5.69 Å². The van der Waals surface area contributed by atoms with E-state index in [0.717, 1.165) is 36.6 Å². The second-order valence-electron chi connectivity index (χ2n) is 7.00. The van der Waals surface area contributed by atoms with E-state index in [2.05, 4.69) is 41.3 Å². The Labute approximate surface area is 156 Å². The number of piperidine rings is 1. The van der Waals surface area contributed by atoms with E-state index >= 15 is 0 Å². The number of carbonyl (C=O) groups excluding carboxylic acids is 1. The van der Waals surface area contributed by atoms with E-state index in [1.54, 1.807) is 35.3 Å². The molecule has 0 aliphatic carbocycles. The Hall–Kier alpha value is -2.41. The average molecular weight is 369 g/mol. The van der Waals surface area contributed by atoms with Crippen molar-refractivity contribution in [3.63, 3.8) is 0 Å². The van der Waals surface area contributed by atoms with Crippen LogP contribution in [0.1, 0.15) is 34.5 Å². The van der Waals surface area contributed by atoms with Crippen LogP contribution in [-0.4, -0.2) is 39.8 Å². The van der Waals surface area contributed by atoms with Gasteiger partial charge in [-0.25, -0.2) is 4.98 Å². The van der Waals surface area contributed by atoms with Crippen molar-refractivity contribution in [3.8, 4) is 0 Å². The molecular formula is C19H23N5OS. The van der Waals surface area contributed by atoms with Gasteiger partial charge in [-0.1, -0.05) is 17.4 Å². The molecule has 0 spiro atoms. The van der Waals surface area contributed by atoms with Gasteiger partial charge in [-0.15, -0.1) is 0 Å². The lowest BCUT2D eigenvalue weighted by molar-refractivity contribution is 0.0921. The minimum Gasteiger partial charge on any atom is -0.348 e. The summed E-state index contributed by atoms with van der Waals surface area (Å²) in [4.78, 5) is 19.5. The summed E-state index contributed by atoms with van der Waals surface area (Å²) in [7, 11) is 1.79. The molecular weight excluding hydrogens is 346 g/mol. The van der Waals surface area contributed by atoms with Crippen molar-refractivity contribution >= 4 is 32.6 Å². The van der Waals surface area contributed by atoms with Gasteiger partial charge in [0.15, 0.2) is 5.13 Å². The zero-order chi connectivity index (χ0) is 18.3. The Morgan fingerprint density at radius 1 is 1.27 bits per heavy atom. The predicted molar refractivity (Wildman–Crippen MR) is 105 cm³/mol. The zero-order valence-corrected chi connectivity index (χ0v) is 16.1. The fraction of sp³-hybridized carbons (Fsp3) is 0.421. The van der Waals surface area contributed by atoms with Gasteiger partial charge in [-0.05, 0) is 49.9 Å². The molecule has 6 nitrogen and oxygen atoms in total. The maximum atomic E-state index is 12.3. The van der Waals surface area contributed by atoms with Crippen molar-refractivity contribution < 1.29 is 4.79 Å². The number of hydrogen-bond acceptors (Lipinski definition) is 5. The second kappa shape index (κ2) is 6.72. The number of aryl methyl sites for hydroxylation is 3. The normalized spacial score (nSPS) is 15.6. The summed E-state index contributed by atoms with van der Waals surface area (Å²) in [6.45, 7) is 6.07. The first-order valence-electron chi connectivity index (χ1n) is 8.93. The summed E-state index contributed by atoms with van der Waals surface area (Å²) < 4.78 is 2.86. The summed E-state index contributed by atoms with van der Waals surface area (Å²) in [6.07, 6.45) is 3.50. The van der Waals surface area contributed by atoms with Crippen molar-refractivity contribution in [2.45, 2.75) is 32.7 Å². The number of thiazole rings is 1. The number of amides is 1. The molecule has 136 valence electrons. The summed E-state index contributed by atoms with van der Waals surface area (Å²) in [5.41, 5.74) is 4.23. The van der Waals surface area contributed by atoms with Crippen molar-refractivity contribution in [2.75, 3.05) is 18.0 Å². The average Bonchev–Trinajstić information content (AvgIpc) is 3.22. The predicted octanol–water partition coefficient (Wildman–Crippen LogP) is 3.05. The molecule has 1 N–H and O–H groups in total. The topological polar surface area (TPSA) is 63.1 Å². The highest BCUT2D eigenvalue weighted by molar-refractivity contribution is 7.22. The highest BCUT2D eigenvalue weighted by Crippen LogP contribution is 2.32. The molecule has 0 bridgehead atoms. The standard InChI is InChI=1S/C19H23N5OS/c1-12-10-13(2)17-16(11-12)26-19(22-17)24-8-5-14(6-9-24)21-18(25)15-4-7-20-23(15)3/h4,7,10-11,14H,5-6,8-9H2,1-3H3,(H,21,25). The van der Waals surface area contributed by atoms with Crippen LogP contribution in [0.4, 0.5) is 5.13 Å². The maximum absolute atomic E-state index is 12.3. The van der Waals surface area contributed by atoms with Crippen LogP contribution in [0.5, 0.6) is 0 Å². The van der Waals surface area contributed by atoms with Crippen LogP contribution in [0.15, 0.2) is 24.4 Å². The first-order valence-corrected chi connectivity index (χ1v) is 9.74. The molecule has 0 saturated carbocycles. The summed E-state index contributed by atoms with van der Waals surface area (Å²) in [6, 6.07) is 6.35. The Morgan fingerprint density at radius 2 is 2.04 bits per heavy atom. The van der Waals surface area contributed by atoms with E-state index in [1.807, 2.05) is 0 Å². The van der Waals surface area contributed by atoms with Crippen LogP contribution in [0.2, 0.25) is 0 Å². The number of benzene rings is 1. The Bertz CT molecular complexity index is 952. The summed E-state index contributed by atoms with van der Waals surface area (Å²) in [5, 5.41) is 8.28. The molecule has 3 aromatic rings. The smallest absolute Gasteiger partial charge is 0.269 e. The quantitative estimate of drug-likeness (QED) is 0.771. The number of hydrogen-bond donors (Lipinski definition) is 1. The third kappa shape index (κ3) is 3.19. The molecule has 0 atom stereocenters. The lowest BCUT2D eigenvalue weighted by Gasteiger charge is -2.32. The number of carbonyl (C=O) groups is 1. The van der Waals surface area contributed by atoms with Gasteiger partial charge in [-0.3, -0.25) is 9.48 Å². The zero-order valence-electron chi connectivity index (χ0n) is 15.3. The van der Waals surface area contributed by atoms with Gasteiger partial charge in [0.1, 0.15) is 5.69 Å². The van der Waals surface area contributed by atoms with E-state index in [-0.39, 0.29) is 11.9 Å². The highest BCUT2D eigenvalue weighted by atomic mass is 32.1. The number of nitrogens with zero attached hydrogens (tertiary/aromatic N) is 4. The summed E-state index contributed by atoms with van der Waals surface area (Å²) >= 11 is 1.76. The Kier molecular flexibility index (Phi) is 4.40. The third-order valence-electron chi connectivity index (χ3n) is 4.97. The molecule has 3 heterocycles. The van der Waals surface area contributed by atoms with Crippen LogP contribution in [-0.2, 0) is 7.05 Å². The molecule has 1 aliphatic heterocycles. The van der Waals surface area contributed by atoms with Crippen LogP contribution >= 0.6 is 11.3 Å². The molecule has 1 aliphatic rings. The second-order valence-corrected chi connectivity index (χ2v) is 8.01. The number of anilines is 1. The molecule has 1 aromatic carbocycles. The highest BCUT2D eigenvalue weighted by Gasteiger charge is 2.24. The van der Waals surface area contributed by atoms with Gasteiger partial charge >= 0.3 is 0 Å². The molecule has 4 rings (SSSR count). The monoisotopic (exact) mass is 369 g/mol. The first-order chi connectivity index (χ1) is 12.5. The Morgan fingerprint density at radius 3 is 2.73 bits per heavy atom. The molecule has 0 unspecified atom stereocenters. The fourth-order valence-corrected chi connectivity index (χ4v) is 4.76. The fourth-order valence-electron chi connectivity index (χ4n) is 3.57. The van der Waals surface area contributed by atoms with Crippen LogP contribution < -0.4 is 10.2 Å². The van der Waals surface area contributed by atoms with E-state index in [4.69, 9.17) is 4.98 Å². The van der Waals surface area contributed by atoms with Gasteiger partial charge in [0.25, 0.3) is 5.91 Å². The van der Waals surface area contributed by atoms with E-state index in [9.17, 15) is 4.79 Å². The van der Waals surface area contributed by atoms with Crippen LogP contribution in [0.25, 0.3) is 10.2 Å². The lowest BCUT2D eigenvalue weighted by atomic mass is 10.1. The minimum atomic E-state index is -0.0467. The third-order valence-corrected chi connectivity index (χ3v) is 6.04. The molecule has 1 saturated heterocycles. The molecule has 1 amide bonds. The lowest BCUT2D eigenvalue weighted by Crippen LogP contribution is -2.45.